The molecule has 1 amide bonds. The van der Waals surface area contributed by atoms with E-state index in [-0.39, 0.29) is 11.8 Å². The number of hydrogen-bond acceptors (Lipinski definition) is 3. The summed E-state index contributed by atoms with van der Waals surface area (Å²) < 4.78 is 46.7. The number of alkyl halides is 3. The van der Waals surface area contributed by atoms with E-state index in [1.807, 2.05) is 42.7 Å². The van der Waals surface area contributed by atoms with Crippen LogP contribution in [-0.2, 0) is 17.5 Å². The normalized spacial score (nSPS) is 12.5. The highest BCUT2D eigenvalue weighted by Crippen LogP contribution is 2.31. The zero-order valence-corrected chi connectivity index (χ0v) is 18.7. The first-order valence-corrected chi connectivity index (χ1v) is 10.8. The predicted molar refractivity (Wildman–Crippen MR) is 121 cm³/mol. The predicted octanol–water partition coefficient (Wildman–Crippen LogP) is 5.60. The second-order valence-electron chi connectivity index (χ2n) is 8.26. The van der Waals surface area contributed by atoms with Crippen LogP contribution in [0.15, 0.2) is 54.7 Å². The molecule has 0 fully saturated rings. The molecule has 0 aliphatic rings. The van der Waals surface area contributed by atoms with Gasteiger partial charge in [0, 0.05) is 29.4 Å². The van der Waals surface area contributed by atoms with Crippen molar-refractivity contribution in [3.05, 3.63) is 71.5 Å². The molecule has 0 saturated heterocycles. The summed E-state index contributed by atoms with van der Waals surface area (Å²) in [6, 6.07) is 12.7. The zero-order valence-electron chi connectivity index (χ0n) is 18.7. The summed E-state index contributed by atoms with van der Waals surface area (Å²) in [7, 11) is 0. The van der Waals surface area contributed by atoms with E-state index in [1.54, 1.807) is 6.20 Å². The lowest BCUT2D eigenvalue weighted by Crippen LogP contribution is -2.15. The number of aromatic nitrogens is 2. The highest BCUT2D eigenvalue weighted by atomic mass is 19.4. The summed E-state index contributed by atoms with van der Waals surface area (Å²) in [4.78, 5) is 15.4. The number of ether oxygens (including phenoxy) is 1. The van der Waals surface area contributed by atoms with Crippen LogP contribution in [0, 0.1) is 12.8 Å². The first kappa shape index (κ1) is 24.4. The minimum absolute atomic E-state index is 0.209. The topological polar surface area (TPSA) is 70.1 Å². The quantitative estimate of drug-likeness (QED) is 0.402. The van der Waals surface area contributed by atoms with Crippen molar-refractivity contribution in [2.24, 2.45) is 11.7 Å². The molecule has 1 aromatic heterocycles. The van der Waals surface area contributed by atoms with E-state index in [4.69, 9.17) is 10.5 Å². The van der Waals surface area contributed by atoms with Crippen LogP contribution >= 0.6 is 0 Å². The lowest BCUT2D eigenvalue weighted by atomic mass is 10.0. The summed E-state index contributed by atoms with van der Waals surface area (Å²) in [5.74, 6) is 1.25. The average molecular weight is 460 g/mol. The molecule has 3 aromatic rings. The molecule has 1 heterocycles. The highest BCUT2D eigenvalue weighted by Gasteiger charge is 2.30. The Morgan fingerprint density at radius 1 is 1.15 bits per heavy atom. The van der Waals surface area contributed by atoms with Crippen LogP contribution in [0.25, 0.3) is 11.4 Å². The van der Waals surface area contributed by atoms with Crippen molar-refractivity contribution in [1.29, 1.82) is 0 Å². The lowest BCUT2D eigenvalue weighted by Gasteiger charge is -2.16. The fourth-order valence-electron chi connectivity index (χ4n) is 3.70. The zero-order chi connectivity index (χ0) is 24.0. The molecule has 0 radical (unpaired) electrons. The van der Waals surface area contributed by atoms with Gasteiger partial charge in [-0.3, -0.25) is 4.79 Å². The maximum Gasteiger partial charge on any atom is 0.416 e. The molecule has 1 atom stereocenters. The summed E-state index contributed by atoms with van der Waals surface area (Å²) in [5, 5.41) is 0. The molecule has 5 nitrogen and oxygen atoms in total. The van der Waals surface area contributed by atoms with E-state index >= 15 is 0 Å². The van der Waals surface area contributed by atoms with Crippen molar-refractivity contribution < 1.29 is 22.7 Å². The third-order valence-corrected chi connectivity index (χ3v) is 5.48. The summed E-state index contributed by atoms with van der Waals surface area (Å²) in [6.07, 6.45) is -0.675. The Balaban J connectivity index is 1.72. The van der Waals surface area contributed by atoms with Crippen LogP contribution in [0.1, 0.15) is 43.0 Å². The lowest BCUT2D eigenvalue weighted by molar-refractivity contribution is -0.137. The minimum Gasteiger partial charge on any atom is -0.493 e. The van der Waals surface area contributed by atoms with Crippen molar-refractivity contribution in [2.45, 2.75) is 45.8 Å². The van der Waals surface area contributed by atoms with E-state index in [2.05, 4.69) is 4.98 Å². The van der Waals surface area contributed by atoms with Crippen molar-refractivity contribution in [3.63, 3.8) is 0 Å². The van der Waals surface area contributed by atoms with Crippen LogP contribution < -0.4 is 10.5 Å². The number of benzene rings is 2. The van der Waals surface area contributed by atoms with Gasteiger partial charge < -0.3 is 15.0 Å². The molecule has 33 heavy (non-hydrogen) atoms. The molecule has 0 spiro atoms. The molecular formula is C25H28F3N3O2. The molecule has 2 N–H and O–H groups in total. The van der Waals surface area contributed by atoms with Crippen molar-refractivity contribution in [1.82, 2.24) is 9.55 Å². The van der Waals surface area contributed by atoms with Crippen molar-refractivity contribution in [2.75, 3.05) is 6.61 Å². The molecule has 8 heteroatoms. The number of carbonyl (C=O) groups excluding carboxylic acids is 1. The molecule has 2 aromatic carbocycles. The van der Waals surface area contributed by atoms with Crippen LogP contribution in [0.3, 0.4) is 0 Å². The number of nitrogens with zero attached hydrogens (tertiary/aromatic N) is 2. The van der Waals surface area contributed by atoms with Gasteiger partial charge in [-0.25, -0.2) is 4.98 Å². The molecule has 0 aliphatic carbocycles. The molecular weight excluding hydrogens is 431 g/mol. The molecule has 0 bridgehead atoms. The standard InChI is InChI=1S/C25H28F3N3O2/c1-17(14-23(29)32)6-5-13-33-22-8-4-3-7-20(22)16-31-18(2)15-30-24(31)19-9-11-21(12-10-19)25(26,27)28/h3-4,7-12,15,17H,5-6,13-14,16H2,1-2H3,(H2,29,32)/t17-/m1/s1. The first-order valence-electron chi connectivity index (χ1n) is 10.8. The van der Waals surface area contributed by atoms with E-state index < -0.39 is 11.7 Å². The maximum atomic E-state index is 12.9. The molecule has 176 valence electrons. The number of imidazole rings is 1. The largest absolute Gasteiger partial charge is 0.493 e. The number of nitrogens with two attached hydrogens (primary N) is 1. The highest BCUT2D eigenvalue weighted by molar-refractivity contribution is 5.73. The maximum absolute atomic E-state index is 12.9. The Hall–Kier alpha value is -3.29. The van der Waals surface area contributed by atoms with Gasteiger partial charge >= 0.3 is 6.18 Å². The van der Waals surface area contributed by atoms with Crippen LogP contribution in [0.2, 0.25) is 0 Å². The monoisotopic (exact) mass is 459 g/mol. The Morgan fingerprint density at radius 3 is 2.52 bits per heavy atom. The summed E-state index contributed by atoms with van der Waals surface area (Å²) >= 11 is 0. The SMILES string of the molecule is Cc1cnc(-c2ccc(C(F)(F)F)cc2)n1Cc1ccccc1OCCC[C@@H](C)CC(N)=O. The van der Waals surface area contributed by atoms with E-state index in [9.17, 15) is 18.0 Å². The number of aryl methyl sites for hydroxylation is 1. The fraction of sp³-hybridized carbons (Fsp3) is 0.360. The smallest absolute Gasteiger partial charge is 0.416 e. The van der Waals surface area contributed by atoms with Crippen molar-refractivity contribution >= 4 is 5.91 Å². The minimum atomic E-state index is -4.38. The van der Waals surface area contributed by atoms with Gasteiger partial charge in [0.15, 0.2) is 0 Å². The Labute approximate surface area is 191 Å². The van der Waals surface area contributed by atoms with Gasteiger partial charge in [-0.15, -0.1) is 0 Å². The van der Waals surface area contributed by atoms with Gasteiger partial charge in [-0.1, -0.05) is 37.3 Å². The Bertz CT molecular complexity index is 1080. The van der Waals surface area contributed by atoms with Gasteiger partial charge in [-0.05, 0) is 43.9 Å². The number of rotatable bonds is 10. The molecule has 0 aliphatic heterocycles. The van der Waals surface area contributed by atoms with Crippen LogP contribution in [0.4, 0.5) is 13.2 Å². The number of para-hydroxylation sites is 1. The first-order chi connectivity index (χ1) is 15.6. The number of primary amides is 1. The number of hydrogen-bond donors (Lipinski definition) is 1. The van der Waals surface area contributed by atoms with Gasteiger partial charge in [0.25, 0.3) is 0 Å². The van der Waals surface area contributed by atoms with E-state index in [0.29, 0.717) is 31.0 Å². The molecule has 3 rings (SSSR count). The Morgan fingerprint density at radius 2 is 1.85 bits per heavy atom. The van der Waals surface area contributed by atoms with Crippen molar-refractivity contribution in [3.8, 4) is 17.1 Å². The third kappa shape index (κ3) is 6.60. The number of amides is 1. The van der Waals surface area contributed by atoms with Gasteiger partial charge in [0.1, 0.15) is 11.6 Å². The summed E-state index contributed by atoms with van der Waals surface area (Å²) in [5.41, 5.74) is 6.99. The molecule has 0 saturated carbocycles. The van der Waals surface area contributed by atoms with E-state index in [1.165, 1.54) is 12.1 Å². The second kappa shape index (κ2) is 10.6. The van der Waals surface area contributed by atoms with Crippen LogP contribution in [0.5, 0.6) is 5.75 Å². The van der Waals surface area contributed by atoms with Gasteiger partial charge in [0.05, 0.1) is 18.7 Å². The number of carbonyl (C=O) groups is 1. The average Bonchev–Trinajstić information content (AvgIpc) is 3.11. The van der Waals surface area contributed by atoms with Crippen LogP contribution in [-0.4, -0.2) is 22.1 Å². The third-order valence-electron chi connectivity index (χ3n) is 5.48. The Kier molecular flexibility index (Phi) is 7.79. The fourth-order valence-corrected chi connectivity index (χ4v) is 3.70. The summed E-state index contributed by atoms with van der Waals surface area (Å²) in [6.45, 7) is 4.87. The second-order valence-corrected chi connectivity index (χ2v) is 8.26. The van der Waals surface area contributed by atoms with Gasteiger partial charge in [-0.2, -0.15) is 13.2 Å². The molecule has 0 unspecified atom stereocenters. The van der Waals surface area contributed by atoms with E-state index in [0.717, 1.165) is 42.0 Å². The number of halogens is 3. The van der Waals surface area contributed by atoms with Gasteiger partial charge in [0.2, 0.25) is 5.91 Å².